The lowest BCUT2D eigenvalue weighted by molar-refractivity contribution is -0.119. The van der Waals surface area contributed by atoms with Crippen LogP contribution in [-0.2, 0) is 22.4 Å². The van der Waals surface area contributed by atoms with Gasteiger partial charge in [0.15, 0.2) is 0 Å². The molecule has 6 rings (SSSR count). The molecule has 2 aliphatic heterocycles. The van der Waals surface area contributed by atoms with Crippen molar-refractivity contribution in [2.45, 2.75) is 37.7 Å². The van der Waals surface area contributed by atoms with Crippen molar-refractivity contribution in [1.29, 1.82) is 0 Å². The van der Waals surface area contributed by atoms with Crippen LogP contribution < -0.4 is 14.8 Å². The zero-order valence-electron chi connectivity index (χ0n) is 18.4. The maximum Gasteiger partial charge on any atom is 0.225 e. The van der Waals surface area contributed by atoms with Gasteiger partial charge in [-0.2, -0.15) is 0 Å². The number of nitrogens with one attached hydrogen (secondary N) is 1. The van der Waals surface area contributed by atoms with Gasteiger partial charge in [-0.3, -0.25) is 9.59 Å². The second kappa shape index (κ2) is 8.03. The van der Waals surface area contributed by atoms with E-state index in [4.69, 9.17) is 15.9 Å². The van der Waals surface area contributed by atoms with Crippen molar-refractivity contribution in [3.05, 3.63) is 77.0 Å². The van der Waals surface area contributed by atoms with Gasteiger partial charge in [0.2, 0.25) is 5.91 Å². The highest BCUT2D eigenvalue weighted by atomic mass is 16.5. The Hall–Kier alpha value is -4.11. The van der Waals surface area contributed by atoms with Crippen LogP contribution >= 0.6 is 0 Å². The smallest absolute Gasteiger partial charge is 0.225 e. The molecule has 2 aromatic carbocycles. The molecule has 34 heavy (non-hydrogen) atoms. The largest absolute Gasteiger partial charge is 0.489 e. The molecule has 3 atom stereocenters. The molecule has 1 aliphatic carbocycles. The molecular formula is C28H22N2O4. The van der Waals surface area contributed by atoms with Crippen LogP contribution in [0.4, 0.5) is 5.82 Å². The number of anilines is 1. The molecule has 6 heteroatoms. The Kier molecular flexibility index (Phi) is 4.84. The monoisotopic (exact) mass is 450 g/mol. The lowest BCUT2D eigenvalue weighted by Gasteiger charge is -2.19. The number of benzene rings is 2. The molecule has 0 saturated heterocycles. The van der Waals surface area contributed by atoms with Crippen molar-refractivity contribution in [2.75, 3.05) is 5.32 Å². The third-order valence-corrected chi connectivity index (χ3v) is 6.76. The molecule has 0 unspecified atom stereocenters. The van der Waals surface area contributed by atoms with Crippen molar-refractivity contribution >= 4 is 17.5 Å². The number of carbonyl (C=O) groups excluding carboxylic acids is 2. The molecule has 3 heterocycles. The Balaban J connectivity index is 1.14. The Bertz CT molecular complexity index is 1370. The Morgan fingerprint density at radius 1 is 1.21 bits per heavy atom. The van der Waals surface area contributed by atoms with Crippen LogP contribution in [0.2, 0.25) is 0 Å². The molecule has 1 fully saturated rings. The Labute approximate surface area is 197 Å². The SMILES string of the molecule is C#Cc1cccc(CC(=O)C[C@@H]2[C@H]3Oc4ccc(Oc5ccnc6c5CCC(=O)N6)cc4[C@@H]23)c1. The predicted molar refractivity (Wildman–Crippen MR) is 126 cm³/mol. The molecule has 1 amide bonds. The van der Waals surface area contributed by atoms with E-state index in [9.17, 15) is 9.59 Å². The molecule has 1 saturated carbocycles. The number of pyridine rings is 1. The number of ether oxygens (including phenoxy) is 2. The van der Waals surface area contributed by atoms with E-state index >= 15 is 0 Å². The average molecular weight is 450 g/mol. The fraction of sp³-hybridized carbons (Fsp3) is 0.250. The average Bonchev–Trinajstić information content (AvgIpc) is 3.35. The van der Waals surface area contributed by atoms with Crippen LogP contribution in [0.5, 0.6) is 17.2 Å². The topological polar surface area (TPSA) is 77.5 Å². The molecule has 3 aliphatic rings. The zero-order valence-corrected chi connectivity index (χ0v) is 18.4. The molecule has 0 bridgehead atoms. The minimum absolute atomic E-state index is 0.0315. The Morgan fingerprint density at radius 2 is 2.12 bits per heavy atom. The summed E-state index contributed by atoms with van der Waals surface area (Å²) in [5.74, 6) is 5.99. The number of amides is 1. The van der Waals surface area contributed by atoms with E-state index in [0.29, 0.717) is 43.0 Å². The molecular weight excluding hydrogens is 428 g/mol. The van der Waals surface area contributed by atoms with E-state index in [0.717, 1.165) is 28.0 Å². The lowest BCUT2D eigenvalue weighted by atomic mass is 10.0. The number of ketones is 1. The van der Waals surface area contributed by atoms with Gasteiger partial charge in [-0.1, -0.05) is 18.1 Å². The van der Waals surface area contributed by atoms with Crippen LogP contribution in [0, 0.1) is 18.3 Å². The summed E-state index contributed by atoms with van der Waals surface area (Å²) in [4.78, 5) is 28.6. The van der Waals surface area contributed by atoms with Crippen LogP contribution in [-0.4, -0.2) is 22.8 Å². The van der Waals surface area contributed by atoms with Gasteiger partial charge in [0.05, 0.1) is 0 Å². The van der Waals surface area contributed by atoms with Gasteiger partial charge >= 0.3 is 0 Å². The summed E-state index contributed by atoms with van der Waals surface area (Å²) >= 11 is 0. The normalized spacial score (nSPS) is 21.3. The molecule has 6 nitrogen and oxygen atoms in total. The third-order valence-electron chi connectivity index (χ3n) is 6.76. The van der Waals surface area contributed by atoms with Gasteiger partial charge in [-0.25, -0.2) is 4.98 Å². The standard InChI is InChI=1S/C28H22N2O4/c1-2-16-4-3-5-17(12-16)13-18(31)14-22-26-21-15-19(6-8-23(21)34-27(22)26)33-24-10-11-29-28-20(24)7-9-25(32)30-28/h1,3-6,8,10-12,15,22,26-27H,7,9,13-14H2,(H,29,30,32)/t22-,26-,27+/m0/s1. The second-order valence-corrected chi connectivity index (χ2v) is 9.02. The van der Waals surface area contributed by atoms with Crippen LogP contribution in [0.25, 0.3) is 0 Å². The molecule has 3 aromatic rings. The van der Waals surface area contributed by atoms with Gasteiger partial charge in [0, 0.05) is 54.0 Å². The number of terminal acetylenes is 1. The first-order chi connectivity index (χ1) is 16.6. The number of carbonyl (C=O) groups is 2. The molecule has 0 spiro atoms. The van der Waals surface area contributed by atoms with E-state index in [1.54, 1.807) is 6.20 Å². The van der Waals surface area contributed by atoms with Crippen LogP contribution in [0.3, 0.4) is 0 Å². The summed E-state index contributed by atoms with van der Waals surface area (Å²) in [5.41, 5.74) is 3.72. The van der Waals surface area contributed by atoms with Gasteiger partial charge in [0.25, 0.3) is 0 Å². The van der Waals surface area contributed by atoms with Crippen molar-refractivity contribution in [2.24, 2.45) is 5.92 Å². The number of hydrogen-bond donors (Lipinski definition) is 1. The maximum atomic E-state index is 12.7. The highest BCUT2D eigenvalue weighted by Gasteiger charge is 2.59. The fourth-order valence-corrected chi connectivity index (χ4v) is 5.07. The number of aromatic nitrogens is 1. The van der Waals surface area contributed by atoms with E-state index < -0.39 is 0 Å². The summed E-state index contributed by atoms with van der Waals surface area (Å²) in [6.45, 7) is 0. The second-order valence-electron chi connectivity index (χ2n) is 9.02. The third kappa shape index (κ3) is 3.69. The summed E-state index contributed by atoms with van der Waals surface area (Å²) in [6, 6.07) is 15.2. The minimum Gasteiger partial charge on any atom is -0.489 e. The molecule has 1 N–H and O–H groups in total. The van der Waals surface area contributed by atoms with E-state index in [-0.39, 0.29) is 29.6 Å². The first-order valence-electron chi connectivity index (χ1n) is 11.4. The van der Waals surface area contributed by atoms with Crippen molar-refractivity contribution in [1.82, 2.24) is 4.98 Å². The Morgan fingerprint density at radius 3 is 3.00 bits per heavy atom. The zero-order chi connectivity index (χ0) is 23.2. The predicted octanol–water partition coefficient (Wildman–Crippen LogP) is 4.42. The van der Waals surface area contributed by atoms with Gasteiger partial charge < -0.3 is 14.8 Å². The van der Waals surface area contributed by atoms with E-state index in [1.807, 2.05) is 48.5 Å². The summed E-state index contributed by atoms with van der Waals surface area (Å²) < 4.78 is 12.3. The molecule has 168 valence electrons. The molecule has 0 radical (unpaired) electrons. The number of nitrogens with zero attached hydrogens (tertiary/aromatic N) is 1. The first kappa shape index (κ1) is 20.5. The molecule has 1 aromatic heterocycles. The highest BCUT2D eigenvalue weighted by Crippen LogP contribution is 2.60. The fourth-order valence-electron chi connectivity index (χ4n) is 5.07. The van der Waals surface area contributed by atoms with Crippen LogP contribution in [0.15, 0.2) is 54.7 Å². The minimum atomic E-state index is -0.0315. The summed E-state index contributed by atoms with van der Waals surface area (Å²) in [5, 5.41) is 2.80. The number of fused-ring (bicyclic) bond motifs is 4. The highest BCUT2D eigenvalue weighted by molar-refractivity contribution is 5.93. The quantitative estimate of drug-likeness (QED) is 0.563. The first-order valence-corrected chi connectivity index (χ1v) is 11.4. The number of rotatable bonds is 6. The number of hydrogen-bond acceptors (Lipinski definition) is 5. The van der Waals surface area contributed by atoms with Crippen molar-refractivity contribution < 1.29 is 19.1 Å². The van der Waals surface area contributed by atoms with Crippen molar-refractivity contribution in [3.63, 3.8) is 0 Å². The summed E-state index contributed by atoms with van der Waals surface area (Å²) in [6.07, 6.45) is 9.02. The van der Waals surface area contributed by atoms with E-state index in [1.165, 1.54) is 0 Å². The van der Waals surface area contributed by atoms with Gasteiger partial charge in [-0.05, 0) is 48.4 Å². The number of Topliss-reactive ketones (excluding diaryl/α,β-unsaturated/α-hetero) is 1. The van der Waals surface area contributed by atoms with E-state index in [2.05, 4.69) is 16.2 Å². The lowest BCUT2D eigenvalue weighted by Crippen LogP contribution is -2.20. The van der Waals surface area contributed by atoms with Crippen LogP contribution in [0.1, 0.15) is 41.0 Å². The maximum absolute atomic E-state index is 12.7. The summed E-state index contributed by atoms with van der Waals surface area (Å²) in [7, 11) is 0. The van der Waals surface area contributed by atoms with Gasteiger partial charge in [0.1, 0.15) is 35.0 Å². The van der Waals surface area contributed by atoms with Crippen molar-refractivity contribution in [3.8, 4) is 29.6 Å². The van der Waals surface area contributed by atoms with Gasteiger partial charge in [-0.15, -0.1) is 6.42 Å².